The molecule has 0 spiro atoms. The fraction of sp³-hybridized carbons (Fsp3) is 0.0577. The average Bonchev–Trinajstić information content (AvgIpc) is 3.57. The van der Waals surface area contributed by atoms with Gasteiger partial charge in [0.25, 0.3) is 0 Å². The summed E-state index contributed by atoms with van der Waals surface area (Å²) < 4.78 is 6.28. The Labute approximate surface area is 314 Å². The van der Waals surface area contributed by atoms with E-state index in [1.54, 1.807) is 0 Å². The Morgan fingerprint density at radius 2 is 1.09 bits per heavy atom. The number of benzene rings is 8. The van der Waals surface area contributed by atoms with Crippen LogP contribution >= 0.6 is 0 Å². The maximum absolute atomic E-state index is 6.28. The molecular formula is C52H35NO. The zero-order valence-corrected chi connectivity index (χ0v) is 29.8. The van der Waals surface area contributed by atoms with Crippen LogP contribution in [0.4, 0.5) is 0 Å². The number of aromatic nitrogens is 1. The highest BCUT2D eigenvalue weighted by Gasteiger charge is 2.34. The van der Waals surface area contributed by atoms with Gasteiger partial charge in [0, 0.05) is 16.9 Å². The lowest BCUT2D eigenvalue weighted by Crippen LogP contribution is -2.16. The van der Waals surface area contributed by atoms with Gasteiger partial charge >= 0.3 is 0 Å². The van der Waals surface area contributed by atoms with Gasteiger partial charge in [-0.25, -0.2) is 4.98 Å². The number of ether oxygens (including phenoxy) is 1. The molecule has 2 nitrogen and oxygen atoms in total. The molecule has 9 aromatic rings. The second-order valence-electron chi connectivity index (χ2n) is 14.7. The third-order valence-electron chi connectivity index (χ3n) is 11.5. The first kappa shape index (κ1) is 30.8. The van der Waals surface area contributed by atoms with E-state index >= 15 is 0 Å². The third kappa shape index (κ3) is 4.91. The van der Waals surface area contributed by atoms with Crippen LogP contribution in [0.3, 0.4) is 0 Å². The molecular weight excluding hydrogens is 655 g/mol. The van der Waals surface area contributed by atoms with Crippen molar-refractivity contribution in [3.8, 4) is 50.4 Å². The first-order chi connectivity index (χ1) is 26.7. The van der Waals surface area contributed by atoms with Gasteiger partial charge in [-0.15, -0.1) is 0 Å². The molecule has 254 valence electrons. The van der Waals surface area contributed by atoms with Gasteiger partial charge in [-0.1, -0.05) is 163 Å². The van der Waals surface area contributed by atoms with Crippen LogP contribution in [0.5, 0.6) is 5.88 Å². The van der Waals surface area contributed by atoms with Crippen LogP contribution in [-0.2, 0) is 0 Å². The number of allylic oxidation sites excluding steroid dienone is 2. The van der Waals surface area contributed by atoms with Crippen LogP contribution in [0.15, 0.2) is 188 Å². The Kier molecular flexibility index (Phi) is 6.93. The first-order valence-electron chi connectivity index (χ1n) is 18.8. The largest absolute Gasteiger partial charge is 0.469 e. The van der Waals surface area contributed by atoms with Gasteiger partial charge in [0.15, 0.2) is 0 Å². The zero-order valence-electron chi connectivity index (χ0n) is 29.8. The standard InChI is InChI=1S/C52H35NO/c1-32-20-27-49-46(28-32)47-30-38-26-25-36(31-48(38)53-52(47)54-49)33-21-23-35(24-22-33)50-42-15-4-6-17-44(42)51(45-18-7-5-16-43(45)50)39-13-8-12-37(29-39)41-19-9-11-34-10-2-3-14-40(34)41/h2-31,46,49H,1H3. The van der Waals surface area contributed by atoms with E-state index in [1.807, 2.05) is 0 Å². The van der Waals surface area contributed by atoms with Crippen molar-refractivity contribution in [1.29, 1.82) is 0 Å². The van der Waals surface area contributed by atoms with Gasteiger partial charge in [-0.2, -0.15) is 0 Å². The summed E-state index contributed by atoms with van der Waals surface area (Å²) in [6.45, 7) is 2.14. The summed E-state index contributed by atoms with van der Waals surface area (Å²) in [5, 5.41) is 8.66. The summed E-state index contributed by atoms with van der Waals surface area (Å²) in [7, 11) is 0. The Balaban J connectivity index is 1.01. The van der Waals surface area contributed by atoms with E-state index in [1.165, 1.54) is 76.8 Å². The molecule has 2 aliphatic rings. The third-order valence-corrected chi connectivity index (χ3v) is 11.5. The van der Waals surface area contributed by atoms with Crippen molar-refractivity contribution in [2.24, 2.45) is 0 Å². The van der Waals surface area contributed by atoms with Crippen molar-refractivity contribution in [3.63, 3.8) is 0 Å². The maximum Gasteiger partial charge on any atom is 0.218 e. The molecule has 2 heteroatoms. The highest BCUT2D eigenvalue weighted by molar-refractivity contribution is 6.21. The summed E-state index contributed by atoms with van der Waals surface area (Å²) in [6.07, 6.45) is 6.62. The number of pyridine rings is 1. The number of hydrogen-bond donors (Lipinski definition) is 0. The lowest BCUT2D eigenvalue weighted by molar-refractivity contribution is 0.260. The van der Waals surface area contributed by atoms with Crippen molar-refractivity contribution in [2.75, 3.05) is 0 Å². The summed E-state index contributed by atoms with van der Waals surface area (Å²) in [5.41, 5.74) is 13.1. The summed E-state index contributed by atoms with van der Waals surface area (Å²) in [4.78, 5) is 5.01. The summed E-state index contributed by atoms with van der Waals surface area (Å²) in [6, 6.07) is 60.0. The minimum absolute atomic E-state index is 0.0291. The highest BCUT2D eigenvalue weighted by Crippen LogP contribution is 2.46. The molecule has 2 unspecified atom stereocenters. The smallest absolute Gasteiger partial charge is 0.218 e. The molecule has 11 rings (SSSR count). The molecule has 1 aliphatic heterocycles. The number of nitrogens with zero attached hydrogens (tertiary/aromatic N) is 1. The predicted molar refractivity (Wildman–Crippen MR) is 226 cm³/mol. The van der Waals surface area contributed by atoms with Crippen molar-refractivity contribution >= 4 is 43.2 Å². The zero-order chi connectivity index (χ0) is 35.8. The normalized spacial score (nSPS) is 16.1. The molecule has 2 atom stereocenters. The van der Waals surface area contributed by atoms with E-state index in [9.17, 15) is 0 Å². The molecule has 0 N–H and O–H groups in total. The highest BCUT2D eigenvalue weighted by atomic mass is 16.5. The maximum atomic E-state index is 6.28. The van der Waals surface area contributed by atoms with Crippen LogP contribution < -0.4 is 4.74 Å². The van der Waals surface area contributed by atoms with E-state index in [4.69, 9.17) is 9.72 Å². The average molecular weight is 690 g/mol. The van der Waals surface area contributed by atoms with Crippen molar-refractivity contribution in [3.05, 3.63) is 193 Å². The van der Waals surface area contributed by atoms with Gasteiger partial charge in [-0.05, 0) is 108 Å². The van der Waals surface area contributed by atoms with Crippen LogP contribution in [0.25, 0.3) is 87.7 Å². The quantitative estimate of drug-likeness (QED) is 0.172. The molecule has 1 aromatic heterocycles. The van der Waals surface area contributed by atoms with Crippen LogP contribution in [0, 0.1) is 0 Å². The SMILES string of the molecule is CC1=CC2c3cc4ccc(-c5ccc(-c6c7ccccc7c(-c7cccc(-c8cccc9ccccc89)c7)c7ccccc67)cc5)cc4nc3OC2C=C1. The van der Waals surface area contributed by atoms with Crippen LogP contribution in [0.2, 0.25) is 0 Å². The van der Waals surface area contributed by atoms with E-state index in [-0.39, 0.29) is 12.0 Å². The Bertz CT molecular complexity index is 2980. The molecule has 0 amide bonds. The molecule has 54 heavy (non-hydrogen) atoms. The minimum Gasteiger partial charge on any atom is -0.469 e. The second kappa shape index (κ2) is 12.1. The van der Waals surface area contributed by atoms with E-state index in [2.05, 4.69) is 189 Å². The summed E-state index contributed by atoms with van der Waals surface area (Å²) in [5.74, 6) is 0.985. The molecule has 0 radical (unpaired) electrons. The molecule has 1 aliphatic carbocycles. The Hall–Kier alpha value is -6.77. The topological polar surface area (TPSA) is 22.1 Å². The lowest BCUT2D eigenvalue weighted by Gasteiger charge is -2.18. The number of hydrogen-bond acceptors (Lipinski definition) is 2. The van der Waals surface area contributed by atoms with Crippen molar-refractivity contribution in [2.45, 2.75) is 18.9 Å². The van der Waals surface area contributed by atoms with E-state index in [0.29, 0.717) is 0 Å². The molecule has 0 fully saturated rings. The molecule has 0 bridgehead atoms. The number of rotatable bonds is 4. The lowest BCUT2D eigenvalue weighted by atomic mass is 9.85. The predicted octanol–water partition coefficient (Wildman–Crippen LogP) is 13.7. The first-order valence-corrected chi connectivity index (χ1v) is 18.8. The van der Waals surface area contributed by atoms with Gasteiger partial charge in [0.1, 0.15) is 6.10 Å². The second-order valence-corrected chi connectivity index (χ2v) is 14.7. The minimum atomic E-state index is 0.0291. The van der Waals surface area contributed by atoms with Crippen molar-refractivity contribution < 1.29 is 4.74 Å². The fourth-order valence-electron chi connectivity index (χ4n) is 8.89. The monoisotopic (exact) mass is 689 g/mol. The fourth-order valence-corrected chi connectivity index (χ4v) is 8.89. The molecule has 2 heterocycles. The molecule has 0 saturated heterocycles. The summed E-state index contributed by atoms with van der Waals surface area (Å²) >= 11 is 0. The van der Waals surface area contributed by atoms with Gasteiger partial charge < -0.3 is 4.74 Å². The van der Waals surface area contributed by atoms with Gasteiger partial charge in [-0.3, -0.25) is 0 Å². The Morgan fingerprint density at radius 3 is 1.85 bits per heavy atom. The van der Waals surface area contributed by atoms with Gasteiger partial charge in [0.2, 0.25) is 5.88 Å². The number of fused-ring (bicyclic) bond motifs is 7. The van der Waals surface area contributed by atoms with Crippen LogP contribution in [0.1, 0.15) is 18.4 Å². The van der Waals surface area contributed by atoms with Crippen molar-refractivity contribution in [1.82, 2.24) is 4.98 Å². The molecule has 8 aromatic carbocycles. The van der Waals surface area contributed by atoms with E-state index < -0.39 is 0 Å². The Morgan fingerprint density at radius 1 is 0.481 bits per heavy atom. The van der Waals surface area contributed by atoms with Crippen LogP contribution in [-0.4, -0.2) is 11.1 Å². The molecule has 0 saturated carbocycles. The van der Waals surface area contributed by atoms with E-state index in [0.717, 1.165) is 27.9 Å². The van der Waals surface area contributed by atoms with Gasteiger partial charge in [0.05, 0.1) is 5.52 Å².